The Balaban J connectivity index is 2.27. The number of hydrogen-bond acceptors (Lipinski definition) is 6. The number of aliphatic hydroxyl groups is 1. The molecule has 0 aliphatic carbocycles. The minimum absolute atomic E-state index is 0.143. The van der Waals surface area contributed by atoms with Crippen molar-refractivity contribution >= 4 is 38.6 Å². The first kappa shape index (κ1) is 15.6. The maximum absolute atomic E-state index is 12.4. The van der Waals surface area contributed by atoms with Crippen molar-refractivity contribution in [3.63, 3.8) is 0 Å². The molecule has 7 nitrogen and oxygen atoms in total. The van der Waals surface area contributed by atoms with Crippen molar-refractivity contribution in [3.8, 4) is 0 Å². The first-order valence-electron chi connectivity index (χ1n) is 5.80. The normalized spacial score (nSPS) is 19.9. The molecule has 0 aromatic carbocycles. The Morgan fingerprint density at radius 2 is 2.05 bits per heavy atom. The SMILES string of the molecule is CC1(O)CCN(S(=O)(=O)c2cc([N+](=O)[O-])c(Cl)s2)CC1. The number of halogens is 1. The van der Waals surface area contributed by atoms with E-state index in [1.165, 1.54) is 4.31 Å². The molecule has 1 aliphatic heterocycles. The van der Waals surface area contributed by atoms with Crippen LogP contribution in [0.4, 0.5) is 5.69 Å². The van der Waals surface area contributed by atoms with Gasteiger partial charge >= 0.3 is 0 Å². The molecule has 1 fully saturated rings. The van der Waals surface area contributed by atoms with Crippen LogP contribution in [0.1, 0.15) is 19.8 Å². The fourth-order valence-electron chi connectivity index (χ4n) is 1.93. The van der Waals surface area contributed by atoms with Gasteiger partial charge in [-0.05, 0) is 19.8 Å². The third kappa shape index (κ3) is 2.96. The van der Waals surface area contributed by atoms with Gasteiger partial charge in [0.2, 0.25) is 0 Å². The Kier molecular flexibility index (Phi) is 4.09. The van der Waals surface area contributed by atoms with Gasteiger partial charge in [-0.15, -0.1) is 11.3 Å². The van der Waals surface area contributed by atoms with Crippen molar-refractivity contribution in [1.82, 2.24) is 4.31 Å². The van der Waals surface area contributed by atoms with Crippen molar-refractivity contribution < 1.29 is 18.4 Å². The van der Waals surface area contributed by atoms with Gasteiger partial charge < -0.3 is 5.11 Å². The van der Waals surface area contributed by atoms with Crippen LogP contribution >= 0.6 is 22.9 Å². The molecule has 1 saturated heterocycles. The summed E-state index contributed by atoms with van der Waals surface area (Å²) >= 11 is 6.36. The van der Waals surface area contributed by atoms with E-state index in [0.717, 1.165) is 6.07 Å². The van der Waals surface area contributed by atoms with E-state index in [-0.39, 0.29) is 21.6 Å². The number of nitro groups is 1. The van der Waals surface area contributed by atoms with Crippen LogP contribution in [-0.2, 0) is 10.0 Å². The number of thiophene rings is 1. The molecule has 0 atom stereocenters. The Hall–Kier alpha value is -0.740. The Morgan fingerprint density at radius 1 is 1.50 bits per heavy atom. The van der Waals surface area contributed by atoms with E-state index in [1.807, 2.05) is 0 Å². The Labute approximate surface area is 125 Å². The molecule has 1 aromatic heterocycles. The second-order valence-electron chi connectivity index (χ2n) is 4.88. The molecule has 0 spiro atoms. The molecule has 0 amide bonds. The second-order valence-corrected chi connectivity index (χ2v) is 8.70. The van der Waals surface area contributed by atoms with Gasteiger partial charge in [0.1, 0.15) is 4.21 Å². The van der Waals surface area contributed by atoms with Crippen LogP contribution in [0.15, 0.2) is 10.3 Å². The van der Waals surface area contributed by atoms with Crippen molar-refractivity contribution in [3.05, 3.63) is 20.5 Å². The minimum Gasteiger partial charge on any atom is -0.390 e. The van der Waals surface area contributed by atoms with Gasteiger partial charge in [0.05, 0.1) is 10.5 Å². The Bertz CT molecular complexity index is 630. The fourth-order valence-corrected chi connectivity index (χ4v) is 5.19. The van der Waals surface area contributed by atoms with Crippen LogP contribution in [-0.4, -0.2) is 41.4 Å². The number of piperidine rings is 1. The quantitative estimate of drug-likeness (QED) is 0.668. The first-order chi connectivity index (χ1) is 9.13. The van der Waals surface area contributed by atoms with Crippen LogP contribution < -0.4 is 0 Å². The lowest BCUT2D eigenvalue weighted by Gasteiger charge is -2.34. The lowest BCUT2D eigenvalue weighted by Crippen LogP contribution is -2.44. The van der Waals surface area contributed by atoms with E-state index in [2.05, 4.69) is 0 Å². The fraction of sp³-hybridized carbons (Fsp3) is 0.600. The number of nitrogens with zero attached hydrogens (tertiary/aromatic N) is 2. The highest BCUT2D eigenvalue weighted by molar-refractivity contribution is 7.91. The smallest absolute Gasteiger partial charge is 0.300 e. The highest BCUT2D eigenvalue weighted by atomic mass is 35.5. The van der Waals surface area contributed by atoms with Gasteiger partial charge in [0, 0.05) is 19.2 Å². The first-order valence-corrected chi connectivity index (χ1v) is 8.43. The molecule has 0 saturated carbocycles. The number of sulfonamides is 1. The zero-order valence-corrected chi connectivity index (χ0v) is 13.0. The van der Waals surface area contributed by atoms with Gasteiger partial charge in [-0.25, -0.2) is 8.42 Å². The number of hydrogen-bond donors (Lipinski definition) is 1. The van der Waals surface area contributed by atoms with Gasteiger partial charge in [-0.1, -0.05) is 11.6 Å². The average Bonchev–Trinajstić information content (AvgIpc) is 2.71. The summed E-state index contributed by atoms with van der Waals surface area (Å²) in [6.07, 6.45) is 0.654. The summed E-state index contributed by atoms with van der Waals surface area (Å²) in [6.45, 7) is 2.01. The van der Waals surface area contributed by atoms with Gasteiger partial charge in [0.25, 0.3) is 15.7 Å². The largest absolute Gasteiger partial charge is 0.390 e. The van der Waals surface area contributed by atoms with E-state index in [0.29, 0.717) is 24.2 Å². The van der Waals surface area contributed by atoms with E-state index >= 15 is 0 Å². The third-order valence-corrected chi connectivity index (χ3v) is 6.92. The molecule has 112 valence electrons. The topological polar surface area (TPSA) is 101 Å². The van der Waals surface area contributed by atoms with Crippen molar-refractivity contribution in [2.24, 2.45) is 0 Å². The monoisotopic (exact) mass is 340 g/mol. The maximum Gasteiger partial charge on any atom is 0.300 e. The van der Waals surface area contributed by atoms with Crippen molar-refractivity contribution in [1.29, 1.82) is 0 Å². The summed E-state index contributed by atoms with van der Waals surface area (Å²) in [7, 11) is -3.80. The second kappa shape index (κ2) is 5.23. The van der Waals surface area contributed by atoms with Gasteiger partial charge in [-0.3, -0.25) is 10.1 Å². The van der Waals surface area contributed by atoms with E-state index in [4.69, 9.17) is 11.6 Å². The molecular formula is C10H13ClN2O5S2. The summed E-state index contributed by atoms with van der Waals surface area (Å²) in [4.78, 5) is 10.0. The molecule has 0 bridgehead atoms. The molecule has 1 N–H and O–H groups in total. The summed E-state index contributed by atoms with van der Waals surface area (Å²) in [5.41, 5.74) is -1.27. The van der Waals surface area contributed by atoms with Crippen LogP contribution in [0, 0.1) is 10.1 Å². The van der Waals surface area contributed by atoms with E-state index in [9.17, 15) is 23.6 Å². The summed E-state index contributed by atoms with van der Waals surface area (Å²) in [5, 5.41) is 20.5. The Morgan fingerprint density at radius 3 is 2.50 bits per heavy atom. The molecule has 2 heterocycles. The van der Waals surface area contributed by atoms with E-state index < -0.39 is 26.2 Å². The van der Waals surface area contributed by atoms with Crippen molar-refractivity contribution in [2.75, 3.05) is 13.1 Å². The predicted molar refractivity (Wildman–Crippen MR) is 74.6 cm³/mol. The average molecular weight is 341 g/mol. The molecular weight excluding hydrogens is 328 g/mol. The summed E-state index contributed by atoms with van der Waals surface area (Å²) < 4.78 is 25.6. The van der Waals surface area contributed by atoms with Crippen LogP contribution in [0.3, 0.4) is 0 Å². The molecule has 1 aliphatic rings. The molecule has 2 rings (SSSR count). The van der Waals surface area contributed by atoms with Gasteiger partial charge in [-0.2, -0.15) is 4.31 Å². The maximum atomic E-state index is 12.4. The summed E-state index contributed by atoms with van der Waals surface area (Å²) in [6, 6.07) is 0.981. The number of rotatable bonds is 3. The predicted octanol–water partition coefficient (Wildman–Crippen LogP) is 1.85. The van der Waals surface area contributed by atoms with Gasteiger partial charge in [0.15, 0.2) is 4.34 Å². The lowest BCUT2D eigenvalue weighted by molar-refractivity contribution is -0.384. The zero-order valence-electron chi connectivity index (χ0n) is 10.6. The van der Waals surface area contributed by atoms with Crippen LogP contribution in [0.25, 0.3) is 0 Å². The molecule has 0 radical (unpaired) electrons. The molecule has 20 heavy (non-hydrogen) atoms. The third-order valence-electron chi connectivity index (χ3n) is 3.24. The molecule has 0 unspecified atom stereocenters. The van der Waals surface area contributed by atoms with Crippen LogP contribution in [0.5, 0.6) is 0 Å². The molecule has 10 heteroatoms. The standard InChI is InChI=1S/C10H13ClN2O5S2/c1-10(14)2-4-12(5-3-10)20(17,18)8-6-7(13(15)16)9(11)19-8/h6,14H,2-5H2,1H3. The highest BCUT2D eigenvalue weighted by Gasteiger charge is 2.36. The highest BCUT2D eigenvalue weighted by Crippen LogP contribution is 2.38. The zero-order chi connectivity index (χ0) is 15.1. The minimum atomic E-state index is -3.80. The summed E-state index contributed by atoms with van der Waals surface area (Å²) in [5.74, 6) is 0. The molecule has 1 aromatic rings. The van der Waals surface area contributed by atoms with E-state index in [1.54, 1.807) is 6.92 Å². The lowest BCUT2D eigenvalue weighted by atomic mass is 9.95. The van der Waals surface area contributed by atoms with Crippen LogP contribution in [0.2, 0.25) is 4.34 Å². The van der Waals surface area contributed by atoms with Crippen molar-refractivity contribution in [2.45, 2.75) is 29.6 Å².